The van der Waals surface area contributed by atoms with E-state index in [1.165, 1.54) is 0 Å². The van der Waals surface area contributed by atoms with Gasteiger partial charge in [-0.1, -0.05) is 18.2 Å². The molecule has 1 aromatic carbocycles. The van der Waals surface area contributed by atoms with Gasteiger partial charge in [-0.3, -0.25) is 0 Å². The number of rotatable bonds is 2. The third kappa shape index (κ3) is 2.09. The van der Waals surface area contributed by atoms with Gasteiger partial charge in [0, 0.05) is 25.0 Å². The summed E-state index contributed by atoms with van der Waals surface area (Å²) in [5.41, 5.74) is 1.06. The van der Waals surface area contributed by atoms with Gasteiger partial charge < -0.3 is 19.6 Å². The second-order valence-corrected chi connectivity index (χ2v) is 5.62. The maximum atomic E-state index is 10.9. The van der Waals surface area contributed by atoms with Crippen molar-refractivity contribution in [1.29, 1.82) is 0 Å². The number of benzene rings is 1. The van der Waals surface area contributed by atoms with E-state index in [0.29, 0.717) is 23.6 Å². The number of para-hydroxylation sites is 1. The van der Waals surface area contributed by atoms with E-state index in [1.807, 2.05) is 32.0 Å². The fraction of sp³-hybridized carbons (Fsp3) is 0.400. The first-order valence-electron chi connectivity index (χ1n) is 6.57. The van der Waals surface area contributed by atoms with Crippen LogP contribution in [0.4, 0.5) is 0 Å². The highest BCUT2D eigenvalue weighted by atomic mass is 16.7. The molecule has 0 saturated carbocycles. The molecule has 1 atom stereocenters. The number of hydrogen-bond donors (Lipinski definition) is 2. The lowest BCUT2D eigenvalue weighted by Gasteiger charge is -2.36. The SMILES string of the molecule is CC1(C)OCc2cccc(C(C)(O)c3cnc[nH]3)c2O1. The molecule has 0 aliphatic carbocycles. The van der Waals surface area contributed by atoms with Crippen molar-refractivity contribution < 1.29 is 14.6 Å². The Morgan fingerprint density at radius 3 is 2.90 bits per heavy atom. The van der Waals surface area contributed by atoms with Crippen LogP contribution in [0.25, 0.3) is 0 Å². The average Bonchev–Trinajstić information content (AvgIpc) is 2.91. The first kappa shape index (κ1) is 13.1. The first-order chi connectivity index (χ1) is 9.40. The van der Waals surface area contributed by atoms with Crippen molar-refractivity contribution in [2.24, 2.45) is 0 Å². The summed E-state index contributed by atoms with van der Waals surface area (Å²) < 4.78 is 11.5. The van der Waals surface area contributed by atoms with Gasteiger partial charge in [-0.05, 0) is 6.92 Å². The summed E-state index contributed by atoms with van der Waals surface area (Å²) in [6.07, 6.45) is 3.16. The molecule has 0 radical (unpaired) electrons. The summed E-state index contributed by atoms with van der Waals surface area (Å²) >= 11 is 0. The summed E-state index contributed by atoms with van der Waals surface area (Å²) in [4.78, 5) is 6.93. The van der Waals surface area contributed by atoms with Crippen molar-refractivity contribution in [3.63, 3.8) is 0 Å². The zero-order valence-electron chi connectivity index (χ0n) is 11.8. The van der Waals surface area contributed by atoms with Crippen LogP contribution in [0.2, 0.25) is 0 Å². The molecular formula is C15H18N2O3. The molecule has 5 nitrogen and oxygen atoms in total. The molecule has 2 heterocycles. The van der Waals surface area contributed by atoms with E-state index in [0.717, 1.165) is 5.56 Å². The number of hydrogen-bond acceptors (Lipinski definition) is 4. The van der Waals surface area contributed by atoms with Crippen molar-refractivity contribution in [3.05, 3.63) is 47.5 Å². The van der Waals surface area contributed by atoms with E-state index in [2.05, 4.69) is 9.97 Å². The molecule has 2 aromatic rings. The molecule has 1 unspecified atom stereocenters. The van der Waals surface area contributed by atoms with E-state index in [4.69, 9.17) is 9.47 Å². The molecule has 20 heavy (non-hydrogen) atoms. The molecule has 0 spiro atoms. The smallest absolute Gasteiger partial charge is 0.205 e. The third-order valence-corrected chi connectivity index (χ3v) is 3.57. The molecule has 0 fully saturated rings. The largest absolute Gasteiger partial charge is 0.462 e. The van der Waals surface area contributed by atoms with Crippen LogP contribution >= 0.6 is 0 Å². The Morgan fingerprint density at radius 2 is 2.20 bits per heavy atom. The average molecular weight is 274 g/mol. The zero-order chi connectivity index (χ0) is 14.4. The predicted octanol–water partition coefficient (Wildman–Crippen LogP) is 2.31. The molecule has 3 rings (SSSR count). The Morgan fingerprint density at radius 1 is 1.40 bits per heavy atom. The molecular weight excluding hydrogens is 256 g/mol. The molecule has 0 amide bonds. The Balaban J connectivity index is 2.12. The highest BCUT2D eigenvalue weighted by Crippen LogP contribution is 2.41. The number of aromatic nitrogens is 2. The minimum Gasteiger partial charge on any atom is -0.462 e. The zero-order valence-corrected chi connectivity index (χ0v) is 11.8. The number of H-pyrrole nitrogens is 1. The van der Waals surface area contributed by atoms with Crippen molar-refractivity contribution in [1.82, 2.24) is 9.97 Å². The van der Waals surface area contributed by atoms with Crippen molar-refractivity contribution in [2.45, 2.75) is 38.8 Å². The van der Waals surface area contributed by atoms with Crippen LogP contribution in [0.5, 0.6) is 5.75 Å². The number of aliphatic hydroxyl groups is 1. The lowest BCUT2D eigenvalue weighted by atomic mass is 9.90. The predicted molar refractivity (Wildman–Crippen MR) is 73.2 cm³/mol. The van der Waals surface area contributed by atoms with Crippen LogP contribution in [0.1, 0.15) is 37.6 Å². The van der Waals surface area contributed by atoms with Gasteiger partial charge in [0.05, 0.1) is 24.8 Å². The van der Waals surface area contributed by atoms with Gasteiger partial charge in [0.15, 0.2) is 0 Å². The van der Waals surface area contributed by atoms with Crippen molar-refractivity contribution in [3.8, 4) is 5.75 Å². The van der Waals surface area contributed by atoms with Gasteiger partial charge in [0.2, 0.25) is 5.79 Å². The van der Waals surface area contributed by atoms with Crippen LogP contribution in [0, 0.1) is 0 Å². The topological polar surface area (TPSA) is 67.4 Å². The number of imidazole rings is 1. The third-order valence-electron chi connectivity index (χ3n) is 3.57. The normalized spacial score (nSPS) is 19.8. The van der Waals surface area contributed by atoms with Crippen LogP contribution in [0.3, 0.4) is 0 Å². The van der Waals surface area contributed by atoms with Crippen LogP contribution in [-0.2, 0) is 16.9 Å². The molecule has 2 N–H and O–H groups in total. The number of nitrogens with one attached hydrogen (secondary N) is 1. The second-order valence-electron chi connectivity index (χ2n) is 5.62. The Kier molecular flexibility index (Phi) is 2.84. The highest BCUT2D eigenvalue weighted by Gasteiger charge is 2.36. The van der Waals surface area contributed by atoms with Gasteiger partial charge in [-0.25, -0.2) is 4.98 Å². The van der Waals surface area contributed by atoms with Gasteiger partial charge in [-0.2, -0.15) is 0 Å². The number of aromatic amines is 1. The maximum absolute atomic E-state index is 10.9. The van der Waals surface area contributed by atoms with E-state index in [9.17, 15) is 5.11 Å². The monoisotopic (exact) mass is 274 g/mol. The van der Waals surface area contributed by atoms with Crippen molar-refractivity contribution >= 4 is 0 Å². The van der Waals surface area contributed by atoms with E-state index in [-0.39, 0.29) is 0 Å². The van der Waals surface area contributed by atoms with Crippen LogP contribution in [0.15, 0.2) is 30.7 Å². The summed E-state index contributed by atoms with van der Waals surface area (Å²) in [5.74, 6) is -0.0176. The molecule has 1 aromatic heterocycles. The van der Waals surface area contributed by atoms with Crippen LogP contribution < -0.4 is 4.74 Å². The molecule has 1 aliphatic rings. The summed E-state index contributed by atoms with van der Waals surface area (Å²) in [6.45, 7) is 5.91. The minimum absolute atomic E-state index is 0.467. The quantitative estimate of drug-likeness (QED) is 0.882. The Bertz CT molecular complexity index is 618. The second kappa shape index (κ2) is 4.33. The summed E-state index contributed by atoms with van der Waals surface area (Å²) in [5, 5.41) is 10.9. The van der Waals surface area contributed by atoms with Gasteiger partial charge >= 0.3 is 0 Å². The lowest BCUT2D eigenvalue weighted by Crippen LogP contribution is -2.37. The van der Waals surface area contributed by atoms with Gasteiger partial charge in [0.25, 0.3) is 0 Å². The number of nitrogens with zero attached hydrogens (tertiary/aromatic N) is 1. The highest BCUT2D eigenvalue weighted by molar-refractivity contribution is 5.48. The lowest BCUT2D eigenvalue weighted by molar-refractivity contribution is -0.181. The standard InChI is InChI=1S/C15H18N2O3/c1-14(2)19-8-10-5-4-6-11(13(10)20-14)15(3,18)12-7-16-9-17-12/h4-7,9,18H,8H2,1-3H3,(H,16,17). The van der Waals surface area contributed by atoms with Gasteiger partial charge in [-0.15, -0.1) is 0 Å². The minimum atomic E-state index is -1.20. The number of fused-ring (bicyclic) bond motifs is 1. The van der Waals surface area contributed by atoms with Crippen LogP contribution in [-0.4, -0.2) is 20.9 Å². The molecule has 1 aliphatic heterocycles. The Labute approximate surface area is 117 Å². The molecule has 106 valence electrons. The summed E-state index contributed by atoms with van der Waals surface area (Å²) in [6, 6.07) is 5.70. The fourth-order valence-electron chi connectivity index (χ4n) is 2.40. The fourth-order valence-corrected chi connectivity index (χ4v) is 2.40. The number of ether oxygens (including phenoxy) is 2. The van der Waals surface area contributed by atoms with E-state index < -0.39 is 11.4 Å². The first-order valence-corrected chi connectivity index (χ1v) is 6.57. The van der Waals surface area contributed by atoms with E-state index >= 15 is 0 Å². The van der Waals surface area contributed by atoms with Crippen molar-refractivity contribution in [2.75, 3.05) is 0 Å². The molecule has 5 heteroatoms. The molecule has 0 saturated heterocycles. The Hall–Kier alpha value is -1.85. The summed E-state index contributed by atoms with van der Waals surface area (Å²) in [7, 11) is 0. The van der Waals surface area contributed by atoms with E-state index in [1.54, 1.807) is 19.4 Å². The maximum Gasteiger partial charge on any atom is 0.205 e. The molecule has 0 bridgehead atoms. The van der Waals surface area contributed by atoms with Gasteiger partial charge in [0.1, 0.15) is 11.4 Å².